The lowest BCUT2D eigenvalue weighted by Gasteiger charge is -2.38. The molecule has 6 fully saturated rings. The van der Waals surface area contributed by atoms with Crippen LogP contribution >= 0.6 is 0 Å². The Morgan fingerprint density at radius 3 is 1.06 bits per heavy atom. The van der Waals surface area contributed by atoms with Crippen molar-refractivity contribution in [1.29, 1.82) is 0 Å². The van der Waals surface area contributed by atoms with Crippen LogP contribution in [0.15, 0.2) is 99.2 Å². The van der Waals surface area contributed by atoms with Gasteiger partial charge in [0, 0.05) is 94.3 Å². The average Bonchev–Trinajstić information content (AvgIpc) is 1.58. The number of nitrogens with two attached hydrogens (primary N) is 4. The molecule has 0 aromatic carbocycles. The SMILES string of the molecule is CC(C)(C)N1C=C(CNC2C(O)C(O)C3OC23)C2C(=O)NC(N)=NC21.CC(C)(C)N1C=C(CNC2C=CC(O)C2O)C2C(=O)NC(N)=NC21.CC(C)(C)N1C=NC2C(=O)NC=NC21.CN1C=C(CNC2C(O)C(O)C3OC23)C2C(=O)NC(N)=NC21.CN1C=C(CNC2C(O)C(O)C3OC23)C2C(=O)NC(N)=NC21.CN1C=NC2C(N=CN2C(C)(C)C)C1=O. The van der Waals surface area contributed by atoms with E-state index in [9.17, 15) is 69.6 Å². The minimum Gasteiger partial charge on any atom is -0.389 e. The highest BCUT2D eigenvalue weighted by molar-refractivity contribution is 6.04. The molecule has 19 aliphatic rings. The number of nitrogens with one attached hydrogen (secondary N) is 9. The quantitative estimate of drug-likeness (QED) is 0.0637. The predicted molar refractivity (Wildman–Crippen MR) is 443 cm³/mol. The molecule has 6 amide bonds. The molecule has 15 heterocycles. The molecule has 0 aromatic heterocycles. The molecular weight excluding hydrogens is 1590 g/mol. The molecule has 30 unspecified atom stereocenters. The molecule has 19 rings (SSSR count). The van der Waals surface area contributed by atoms with Crippen LogP contribution < -0.4 is 70.8 Å². The van der Waals surface area contributed by atoms with Gasteiger partial charge in [-0.3, -0.25) is 60.0 Å². The lowest BCUT2D eigenvalue weighted by molar-refractivity contribution is -0.129. The van der Waals surface area contributed by atoms with Gasteiger partial charge in [0.2, 0.25) is 23.6 Å². The van der Waals surface area contributed by atoms with Crippen molar-refractivity contribution < 1.29 is 83.8 Å². The second-order valence-corrected chi connectivity index (χ2v) is 37.4. The molecule has 45 heteroatoms. The van der Waals surface area contributed by atoms with Crippen LogP contribution in [0.5, 0.6) is 0 Å². The van der Waals surface area contributed by atoms with Crippen molar-refractivity contribution in [3.8, 4) is 0 Å². The fraction of sp³-hybridized carbons (Fsp3) is 0.688. The molecule has 0 radical (unpaired) electrons. The number of likely N-dealkylation sites (N-methyl/N-ethyl adjacent to an activating group) is 1. The van der Waals surface area contributed by atoms with Gasteiger partial charge in [-0.05, 0) is 105 Å². The fourth-order valence-corrected chi connectivity index (χ4v) is 18.0. The first-order valence-corrected chi connectivity index (χ1v) is 40.9. The van der Waals surface area contributed by atoms with Crippen molar-refractivity contribution in [1.82, 2.24) is 82.2 Å². The Hall–Kier alpha value is -9.72. The topological polar surface area (TPSA) is 636 Å². The maximum absolute atomic E-state index is 12.5. The summed E-state index contributed by atoms with van der Waals surface area (Å²) in [6.07, 6.45) is 7.55. The van der Waals surface area contributed by atoms with Crippen LogP contribution in [0.25, 0.3) is 0 Å². The van der Waals surface area contributed by atoms with Crippen molar-refractivity contribution in [2.45, 2.75) is 264 Å². The third-order valence-corrected chi connectivity index (χ3v) is 24.7. The zero-order chi connectivity index (χ0) is 88.5. The van der Waals surface area contributed by atoms with Crippen LogP contribution in [0.4, 0.5) is 0 Å². The van der Waals surface area contributed by atoms with Gasteiger partial charge in [-0.15, -0.1) is 0 Å². The summed E-state index contributed by atoms with van der Waals surface area (Å²) in [6.45, 7) is 26.4. The number of amides is 6. The Morgan fingerprint density at radius 1 is 0.377 bits per heavy atom. The number of carbonyl (C=O) groups excluding carboxylic acids is 6. The van der Waals surface area contributed by atoms with Crippen LogP contribution in [0.1, 0.15) is 83.1 Å². The van der Waals surface area contributed by atoms with E-state index in [1.165, 1.54) is 11.2 Å². The van der Waals surface area contributed by atoms with Crippen molar-refractivity contribution in [3.63, 3.8) is 0 Å². The van der Waals surface area contributed by atoms with E-state index in [1.54, 1.807) is 38.2 Å². The number of fused-ring (bicyclic) bond motifs is 9. The van der Waals surface area contributed by atoms with E-state index >= 15 is 0 Å². The average molecular weight is 1710 g/mol. The molecule has 3 saturated carbocycles. The molecular formula is C77H118N28O17. The standard InChI is InChI=1S/C16H25N5O4.C16H25N5O3.2C13H19N5O4.C10H16N4O.C9H14N4O/c1-16(2,3)21-5-6(7-13(21)19-15(17)20-14(7)24)4-18-8-9(22)10(23)12-11(8)25-12;1-16(2,3)21-7-8(6-18-9-4-5-10(22)12(9)23)11-13(21)19-15(17)20-14(11)24;2*1-18-3-4(5-11(18)16-13(14)17-12(5)21)2-15-6-7(19)8(20)10-9(6)22-10;1-10(2,3)14-6-11-7-8(14)12-5-13(4)9(7)15;1-9(2,3)13-5-12-6-7(13)10-4-11-8(6)14/h5,7-13,18,22-23H,4H2,1-3H3,(H3,17,19,20,24);4-5,7,9-13,18,22-23H,6H2,1-3H3,(H3,17,19,20,24);2*3,5-11,15,19-20H,2H2,1H3,(H3,14,16,17,21);5-8H,1-4H3;4-7H,1-3H3,(H,10,11,14). The van der Waals surface area contributed by atoms with Gasteiger partial charge in [0.1, 0.15) is 128 Å². The van der Waals surface area contributed by atoms with Gasteiger partial charge in [-0.25, -0.2) is 30.0 Å². The number of aliphatic imine (C=N–C) groups is 8. The summed E-state index contributed by atoms with van der Waals surface area (Å²) in [5.41, 5.74) is 25.6. The van der Waals surface area contributed by atoms with Crippen LogP contribution in [0.3, 0.4) is 0 Å². The summed E-state index contributed by atoms with van der Waals surface area (Å²) < 4.78 is 16.0. The zero-order valence-electron chi connectivity index (χ0n) is 70.7. The lowest BCUT2D eigenvalue weighted by atomic mass is 9.96. The van der Waals surface area contributed by atoms with E-state index in [0.717, 1.165) is 22.3 Å². The van der Waals surface area contributed by atoms with Gasteiger partial charge in [0.05, 0.1) is 55.6 Å². The highest BCUT2D eigenvalue weighted by Gasteiger charge is 2.64. The summed E-state index contributed by atoms with van der Waals surface area (Å²) in [6, 6.07) is -2.08. The first-order chi connectivity index (χ1) is 57.2. The third-order valence-electron chi connectivity index (χ3n) is 24.7. The molecule has 3 saturated heterocycles. The minimum atomic E-state index is -0.879. The number of aliphatic hydroxyl groups is 8. The largest absolute Gasteiger partial charge is 0.389 e. The molecule has 25 N–H and O–H groups in total. The minimum absolute atomic E-state index is 0.0120. The number of epoxide rings is 3. The van der Waals surface area contributed by atoms with Crippen LogP contribution in [0.2, 0.25) is 0 Å². The third kappa shape index (κ3) is 17.5. The van der Waals surface area contributed by atoms with Gasteiger partial charge in [-0.1, -0.05) is 12.2 Å². The van der Waals surface area contributed by atoms with E-state index in [1.807, 2.05) is 68.3 Å². The molecule has 0 spiro atoms. The van der Waals surface area contributed by atoms with Crippen LogP contribution in [-0.4, -0.2) is 388 Å². The second kappa shape index (κ2) is 33.4. The Balaban J connectivity index is 0.000000121. The zero-order valence-corrected chi connectivity index (χ0v) is 70.7. The van der Waals surface area contributed by atoms with Crippen LogP contribution in [0, 0.1) is 23.7 Å². The maximum Gasteiger partial charge on any atom is 0.256 e. The predicted octanol–water partition coefficient (Wildman–Crippen LogP) is -9.91. The van der Waals surface area contributed by atoms with Gasteiger partial charge in [-0.2, -0.15) is 0 Å². The van der Waals surface area contributed by atoms with Gasteiger partial charge in [0.15, 0.2) is 48.3 Å². The van der Waals surface area contributed by atoms with Crippen molar-refractivity contribution >= 4 is 84.6 Å². The number of aliphatic hydroxyl groups excluding tert-OH is 8. The van der Waals surface area contributed by atoms with Crippen LogP contribution in [-0.2, 0) is 43.0 Å². The summed E-state index contributed by atoms with van der Waals surface area (Å²) in [4.78, 5) is 120. The molecule has 45 nitrogen and oxygen atoms in total. The molecule has 122 heavy (non-hydrogen) atoms. The summed E-state index contributed by atoms with van der Waals surface area (Å²) >= 11 is 0. The summed E-state index contributed by atoms with van der Waals surface area (Å²) in [5, 5.41) is 104. The van der Waals surface area contributed by atoms with Gasteiger partial charge in [0.25, 0.3) is 11.8 Å². The highest BCUT2D eigenvalue weighted by atomic mass is 16.6. The van der Waals surface area contributed by atoms with E-state index in [0.29, 0.717) is 26.2 Å². The number of carbonyl (C=O) groups is 6. The van der Waals surface area contributed by atoms with E-state index in [2.05, 4.69) is 171 Å². The molecule has 15 aliphatic heterocycles. The van der Waals surface area contributed by atoms with Crippen molar-refractivity contribution in [3.05, 3.63) is 59.2 Å². The number of guanidine groups is 4. The summed E-state index contributed by atoms with van der Waals surface area (Å²) in [7, 11) is 5.39. The fourth-order valence-electron chi connectivity index (χ4n) is 18.0. The van der Waals surface area contributed by atoms with E-state index in [-0.39, 0.29) is 191 Å². The number of hydrogen-bond donors (Lipinski definition) is 21. The number of nitrogens with zero attached hydrogens (tertiary/aromatic N) is 15. The number of hydrogen-bond acceptors (Lipinski definition) is 39. The smallest absolute Gasteiger partial charge is 0.256 e. The first kappa shape index (κ1) is 88.6. The monoisotopic (exact) mass is 1710 g/mol. The number of rotatable bonds is 12. The van der Waals surface area contributed by atoms with Crippen molar-refractivity contribution in [2.75, 3.05) is 47.3 Å². The Morgan fingerprint density at radius 2 is 0.713 bits per heavy atom. The van der Waals surface area contributed by atoms with Gasteiger partial charge < -0.3 is 139 Å². The Kier molecular flexibility index (Phi) is 24.3. The van der Waals surface area contributed by atoms with Gasteiger partial charge >= 0.3 is 0 Å². The first-order valence-electron chi connectivity index (χ1n) is 40.9. The second-order valence-electron chi connectivity index (χ2n) is 37.4. The lowest BCUT2D eigenvalue weighted by Crippen LogP contribution is -2.55. The Bertz CT molecular complexity index is 4400. The maximum atomic E-state index is 12.5. The molecule has 668 valence electrons. The molecule has 30 atom stereocenters. The molecule has 4 aliphatic carbocycles. The molecule has 0 bridgehead atoms. The van der Waals surface area contributed by atoms with Crippen molar-refractivity contribution in [2.24, 2.45) is 86.5 Å². The van der Waals surface area contributed by atoms with E-state index < -0.39 is 72.5 Å². The Labute approximate surface area is 704 Å². The molecule has 0 aromatic rings. The normalized spacial score (nSPS) is 39.5. The number of ether oxygens (including phenoxy) is 3. The van der Waals surface area contributed by atoms with E-state index in [4.69, 9.17) is 37.1 Å². The summed E-state index contributed by atoms with van der Waals surface area (Å²) in [5.74, 6) is -1.89. The highest BCUT2D eigenvalue weighted by Crippen LogP contribution is 2.45.